The van der Waals surface area contributed by atoms with Gasteiger partial charge in [-0.15, -0.1) is 11.3 Å². The molecule has 1 aromatic carbocycles. The van der Waals surface area contributed by atoms with Gasteiger partial charge in [-0.1, -0.05) is 11.6 Å². The number of halogens is 1. The normalized spacial score (nSPS) is 13.8. The average molecular weight is 293 g/mol. The van der Waals surface area contributed by atoms with Crippen molar-refractivity contribution >= 4 is 28.7 Å². The molecule has 1 aliphatic heterocycles. The number of ether oxygens (including phenoxy) is 1. The number of thiophene rings is 1. The molecule has 1 aromatic heterocycles. The molecular formula is C15H13ClO2S. The van der Waals surface area contributed by atoms with Crippen molar-refractivity contribution in [2.45, 2.75) is 19.8 Å². The highest BCUT2D eigenvalue weighted by molar-refractivity contribution is 7.13. The van der Waals surface area contributed by atoms with Crippen LogP contribution in [0.1, 0.15) is 32.8 Å². The highest BCUT2D eigenvalue weighted by Gasteiger charge is 2.19. The predicted octanol–water partition coefficient (Wildman–Crippen LogP) is 4.27. The SMILES string of the molecule is Cc1csc(C(=O)c2ccc3c(c2)CCCO3)c1Cl. The van der Waals surface area contributed by atoms with Crippen molar-refractivity contribution in [2.75, 3.05) is 6.61 Å². The van der Waals surface area contributed by atoms with Gasteiger partial charge < -0.3 is 4.74 Å². The van der Waals surface area contributed by atoms with E-state index in [1.54, 1.807) is 0 Å². The number of aryl methyl sites for hydroxylation is 2. The van der Waals surface area contributed by atoms with Crippen LogP contribution in [0.25, 0.3) is 0 Å². The summed E-state index contributed by atoms with van der Waals surface area (Å²) in [6.07, 6.45) is 1.97. The summed E-state index contributed by atoms with van der Waals surface area (Å²) in [5.74, 6) is 0.896. The molecule has 0 radical (unpaired) electrons. The first-order chi connectivity index (χ1) is 9.16. The van der Waals surface area contributed by atoms with Crippen LogP contribution in [0.15, 0.2) is 23.6 Å². The quantitative estimate of drug-likeness (QED) is 0.773. The van der Waals surface area contributed by atoms with E-state index in [9.17, 15) is 4.79 Å². The molecule has 0 saturated heterocycles. The number of carbonyl (C=O) groups excluding carboxylic acids is 1. The van der Waals surface area contributed by atoms with E-state index < -0.39 is 0 Å². The lowest BCUT2D eigenvalue weighted by atomic mass is 10.0. The Morgan fingerprint density at radius 2 is 2.26 bits per heavy atom. The molecule has 0 N–H and O–H groups in total. The van der Waals surface area contributed by atoms with E-state index in [0.29, 0.717) is 15.5 Å². The molecule has 98 valence electrons. The summed E-state index contributed by atoms with van der Waals surface area (Å²) in [5, 5.41) is 2.49. The lowest BCUT2D eigenvalue weighted by Gasteiger charge is -2.17. The van der Waals surface area contributed by atoms with Gasteiger partial charge in [0.25, 0.3) is 0 Å². The van der Waals surface area contributed by atoms with Crippen molar-refractivity contribution in [1.82, 2.24) is 0 Å². The molecule has 0 bridgehead atoms. The summed E-state index contributed by atoms with van der Waals surface area (Å²) in [6, 6.07) is 5.64. The van der Waals surface area contributed by atoms with Gasteiger partial charge in [0, 0.05) is 5.56 Å². The van der Waals surface area contributed by atoms with Crippen LogP contribution in [-0.2, 0) is 6.42 Å². The number of hydrogen-bond acceptors (Lipinski definition) is 3. The van der Waals surface area contributed by atoms with Gasteiger partial charge in [-0.25, -0.2) is 0 Å². The Bertz CT molecular complexity index is 646. The second kappa shape index (κ2) is 4.99. The van der Waals surface area contributed by atoms with Crippen molar-refractivity contribution in [3.05, 3.63) is 50.2 Å². The standard InChI is InChI=1S/C15H13ClO2S/c1-9-8-19-15(13(9)16)14(17)11-4-5-12-10(7-11)3-2-6-18-12/h4-5,7-8H,2-3,6H2,1H3. The zero-order valence-corrected chi connectivity index (χ0v) is 12.1. The van der Waals surface area contributed by atoms with Crippen LogP contribution in [0.5, 0.6) is 5.75 Å². The lowest BCUT2D eigenvalue weighted by molar-refractivity contribution is 0.104. The van der Waals surface area contributed by atoms with Gasteiger partial charge in [-0.3, -0.25) is 4.79 Å². The number of rotatable bonds is 2. The first-order valence-electron chi connectivity index (χ1n) is 6.21. The number of benzene rings is 1. The molecule has 2 heterocycles. The molecule has 3 rings (SSSR count). The highest BCUT2D eigenvalue weighted by Crippen LogP contribution is 2.31. The second-order valence-electron chi connectivity index (χ2n) is 4.67. The minimum Gasteiger partial charge on any atom is -0.493 e. The van der Waals surface area contributed by atoms with Crippen LogP contribution < -0.4 is 4.74 Å². The zero-order chi connectivity index (χ0) is 13.4. The Balaban J connectivity index is 1.98. The third-order valence-corrected chi connectivity index (χ3v) is 4.97. The number of hydrogen-bond donors (Lipinski definition) is 0. The topological polar surface area (TPSA) is 26.3 Å². The van der Waals surface area contributed by atoms with E-state index in [4.69, 9.17) is 16.3 Å². The first kappa shape index (κ1) is 12.7. The van der Waals surface area contributed by atoms with Crippen molar-refractivity contribution in [1.29, 1.82) is 0 Å². The van der Waals surface area contributed by atoms with Crippen LogP contribution in [-0.4, -0.2) is 12.4 Å². The molecule has 1 aliphatic rings. The summed E-state index contributed by atoms with van der Waals surface area (Å²) in [6.45, 7) is 2.67. The van der Waals surface area contributed by atoms with Gasteiger partial charge in [0.2, 0.25) is 5.78 Å². The Hall–Kier alpha value is -1.32. The Labute approximate surface area is 121 Å². The van der Waals surface area contributed by atoms with Crippen LogP contribution in [0, 0.1) is 6.92 Å². The summed E-state index contributed by atoms with van der Waals surface area (Å²) < 4.78 is 5.56. The minimum atomic E-state index is -0.00327. The fourth-order valence-electron chi connectivity index (χ4n) is 2.22. The van der Waals surface area contributed by atoms with Crippen LogP contribution in [0.2, 0.25) is 5.02 Å². The molecule has 4 heteroatoms. The molecule has 2 nitrogen and oxygen atoms in total. The van der Waals surface area contributed by atoms with E-state index >= 15 is 0 Å². The second-order valence-corrected chi connectivity index (χ2v) is 5.92. The monoisotopic (exact) mass is 292 g/mol. The highest BCUT2D eigenvalue weighted by atomic mass is 35.5. The van der Waals surface area contributed by atoms with Crippen molar-refractivity contribution in [3.63, 3.8) is 0 Å². The van der Waals surface area contributed by atoms with Gasteiger partial charge in [-0.05, 0) is 54.5 Å². The smallest absolute Gasteiger partial charge is 0.204 e. The van der Waals surface area contributed by atoms with Gasteiger partial charge >= 0.3 is 0 Å². The predicted molar refractivity (Wildman–Crippen MR) is 77.8 cm³/mol. The summed E-state index contributed by atoms with van der Waals surface area (Å²) in [7, 11) is 0. The molecule has 0 aliphatic carbocycles. The number of ketones is 1. The maximum Gasteiger partial charge on any atom is 0.204 e. The lowest BCUT2D eigenvalue weighted by Crippen LogP contribution is -2.10. The molecule has 0 amide bonds. The van der Waals surface area contributed by atoms with Crippen LogP contribution in [0.4, 0.5) is 0 Å². The van der Waals surface area contributed by atoms with Gasteiger partial charge in [0.05, 0.1) is 16.5 Å². The zero-order valence-electron chi connectivity index (χ0n) is 10.5. The third kappa shape index (κ3) is 2.28. The first-order valence-corrected chi connectivity index (χ1v) is 7.46. The molecule has 0 fully saturated rings. The third-order valence-electron chi connectivity index (χ3n) is 3.28. The Morgan fingerprint density at radius 3 is 3.00 bits per heavy atom. The molecule has 2 aromatic rings. The molecular weight excluding hydrogens is 280 g/mol. The van der Waals surface area contributed by atoms with Crippen molar-refractivity contribution in [2.24, 2.45) is 0 Å². The number of fused-ring (bicyclic) bond motifs is 1. The number of carbonyl (C=O) groups is 1. The fraction of sp³-hybridized carbons (Fsp3) is 0.267. The van der Waals surface area contributed by atoms with E-state index in [1.807, 2.05) is 30.5 Å². The Morgan fingerprint density at radius 1 is 1.42 bits per heavy atom. The van der Waals surface area contributed by atoms with Crippen molar-refractivity contribution < 1.29 is 9.53 Å². The maximum atomic E-state index is 12.5. The minimum absolute atomic E-state index is 0.00327. The van der Waals surface area contributed by atoms with Crippen LogP contribution >= 0.6 is 22.9 Å². The molecule has 19 heavy (non-hydrogen) atoms. The molecule has 0 unspecified atom stereocenters. The van der Waals surface area contributed by atoms with E-state index in [1.165, 1.54) is 11.3 Å². The van der Waals surface area contributed by atoms with Crippen LogP contribution in [0.3, 0.4) is 0 Å². The molecule has 0 atom stereocenters. The summed E-state index contributed by atoms with van der Waals surface area (Å²) in [5.41, 5.74) is 2.76. The van der Waals surface area contributed by atoms with E-state index in [0.717, 1.165) is 36.3 Å². The molecule has 0 saturated carbocycles. The van der Waals surface area contributed by atoms with Gasteiger partial charge in [0.1, 0.15) is 5.75 Å². The summed E-state index contributed by atoms with van der Waals surface area (Å²) in [4.78, 5) is 13.1. The fourth-order valence-corrected chi connectivity index (χ4v) is 3.46. The van der Waals surface area contributed by atoms with Gasteiger partial charge in [-0.2, -0.15) is 0 Å². The maximum absolute atomic E-state index is 12.5. The Kier molecular flexibility index (Phi) is 3.33. The van der Waals surface area contributed by atoms with Crippen molar-refractivity contribution in [3.8, 4) is 5.75 Å². The summed E-state index contributed by atoms with van der Waals surface area (Å²) >= 11 is 7.57. The van der Waals surface area contributed by atoms with E-state index in [2.05, 4.69) is 0 Å². The van der Waals surface area contributed by atoms with Gasteiger partial charge in [0.15, 0.2) is 0 Å². The average Bonchev–Trinajstić information content (AvgIpc) is 2.78. The molecule has 0 spiro atoms. The van der Waals surface area contributed by atoms with E-state index in [-0.39, 0.29) is 5.78 Å². The largest absolute Gasteiger partial charge is 0.493 e.